The molecule has 0 saturated carbocycles. The van der Waals surface area contributed by atoms with Gasteiger partial charge in [-0.25, -0.2) is 0 Å². The van der Waals surface area contributed by atoms with Crippen molar-refractivity contribution in [3.05, 3.63) is 59.2 Å². The molecule has 3 heteroatoms. The van der Waals surface area contributed by atoms with Gasteiger partial charge in [-0.15, -0.1) is 0 Å². The summed E-state index contributed by atoms with van der Waals surface area (Å²) in [4.78, 5) is 0. The van der Waals surface area contributed by atoms with Crippen molar-refractivity contribution >= 4 is 0 Å². The highest BCUT2D eigenvalue weighted by atomic mass is 16.5. The normalized spacial score (nSPS) is 12.0. The molecule has 0 amide bonds. The van der Waals surface area contributed by atoms with Crippen LogP contribution in [-0.2, 0) is 0 Å². The van der Waals surface area contributed by atoms with Gasteiger partial charge in [-0.2, -0.15) is 0 Å². The number of aryl methyl sites for hydroxylation is 1. The van der Waals surface area contributed by atoms with E-state index < -0.39 is 0 Å². The second-order valence-corrected chi connectivity index (χ2v) is 4.51. The fourth-order valence-electron chi connectivity index (χ4n) is 2.10. The minimum Gasteiger partial charge on any atom is -0.493 e. The van der Waals surface area contributed by atoms with Crippen LogP contribution in [0, 0.1) is 6.92 Å². The van der Waals surface area contributed by atoms with Gasteiger partial charge in [-0.3, -0.25) is 0 Å². The molecule has 19 heavy (non-hydrogen) atoms. The fraction of sp³-hybridized carbons (Fsp3) is 0.250. The Morgan fingerprint density at radius 1 is 0.895 bits per heavy atom. The Bertz CT molecular complexity index is 566. The minimum absolute atomic E-state index is 0.167. The molecule has 0 radical (unpaired) electrons. The zero-order valence-electron chi connectivity index (χ0n) is 11.5. The van der Waals surface area contributed by atoms with Crippen LogP contribution >= 0.6 is 0 Å². The lowest BCUT2D eigenvalue weighted by Gasteiger charge is -2.15. The summed E-state index contributed by atoms with van der Waals surface area (Å²) in [6.45, 7) is 2.06. The zero-order valence-corrected chi connectivity index (χ0v) is 11.5. The Morgan fingerprint density at radius 2 is 1.58 bits per heavy atom. The van der Waals surface area contributed by atoms with Crippen LogP contribution in [0.2, 0.25) is 0 Å². The van der Waals surface area contributed by atoms with E-state index in [1.165, 1.54) is 5.56 Å². The summed E-state index contributed by atoms with van der Waals surface area (Å²) in [6, 6.07) is 13.8. The summed E-state index contributed by atoms with van der Waals surface area (Å²) in [7, 11) is 3.25. The molecule has 100 valence electrons. The first-order valence-corrected chi connectivity index (χ1v) is 6.19. The first-order valence-electron chi connectivity index (χ1n) is 6.19. The van der Waals surface area contributed by atoms with Crippen molar-refractivity contribution in [2.45, 2.75) is 13.0 Å². The molecule has 0 saturated heterocycles. The summed E-state index contributed by atoms with van der Waals surface area (Å²) < 4.78 is 10.5. The molecular formula is C16H19NO2. The van der Waals surface area contributed by atoms with E-state index in [-0.39, 0.29) is 6.04 Å². The van der Waals surface area contributed by atoms with Crippen LogP contribution in [0.25, 0.3) is 0 Å². The lowest BCUT2D eigenvalue weighted by atomic mass is 9.98. The fourth-order valence-corrected chi connectivity index (χ4v) is 2.10. The molecule has 0 aromatic heterocycles. The van der Waals surface area contributed by atoms with Gasteiger partial charge in [0.05, 0.1) is 20.3 Å². The smallest absolute Gasteiger partial charge is 0.161 e. The number of methoxy groups -OCH3 is 2. The Labute approximate surface area is 114 Å². The Balaban J connectivity index is 2.36. The molecule has 1 atom stereocenters. The van der Waals surface area contributed by atoms with E-state index in [1.807, 2.05) is 30.3 Å². The van der Waals surface area contributed by atoms with Crippen molar-refractivity contribution < 1.29 is 9.47 Å². The summed E-state index contributed by atoms with van der Waals surface area (Å²) in [5.41, 5.74) is 9.60. The van der Waals surface area contributed by atoms with Crippen molar-refractivity contribution in [1.82, 2.24) is 0 Å². The van der Waals surface area contributed by atoms with Gasteiger partial charge in [0.2, 0.25) is 0 Å². The zero-order chi connectivity index (χ0) is 13.8. The average Bonchev–Trinajstić information content (AvgIpc) is 2.45. The van der Waals surface area contributed by atoms with Gasteiger partial charge < -0.3 is 15.2 Å². The first-order chi connectivity index (χ1) is 9.15. The molecule has 2 rings (SSSR count). The van der Waals surface area contributed by atoms with Crippen LogP contribution < -0.4 is 15.2 Å². The highest BCUT2D eigenvalue weighted by Gasteiger charge is 2.12. The summed E-state index contributed by atoms with van der Waals surface area (Å²) >= 11 is 0. The van der Waals surface area contributed by atoms with Gasteiger partial charge in [-0.1, -0.05) is 35.9 Å². The summed E-state index contributed by atoms with van der Waals surface area (Å²) in [5.74, 6) is 1.41. The van der Waals surface area contributed by atoms with Gasteiger partial charge >= 0.3 is 0 Å². The molecule has 0 aliphatic rings. The maximum atomic E-state index is 6.30. The van der Waals surface area contributed by atoms with Crippen LogP contribution in [0.3, 0.4) is 0 Å². The molecule has 0 fully saturated rings. The molecule has 0 heterocycles. The van der Waals surface area contributed by atoms with E-state index in [0.717, 1.165) is 11.1 Å². The van der Waals surface area contributed by atoms with E-state index in [2.05, 4.69) is 19.1 Å². The van der Waals surface area contributed by atoms with Gasteiger partial charge in [-0.05, 0) is 30.2 Å². The van der Waals surface area contributed by atoms with Crippen molar-refractivity contribution in [3.8, 4) is 11.5 Å². The number of nitrogens with two attached hydrogens (primary N) is 1. The Kier molecular flexibility index (Phi) is 4.07. The van der Waals surface area contributed by atoms with E-state index >= 15 is 0 Å². The van der Waals surface area contributed by atoms with E-state index in [1.54, 1.807) is 14.2 Å². The third kappa shape index (κ3) is 2.88. The van der Waals surface area contributed by atoms with Gasteiger partial charge in [0.15, 0.2) is 11.5 Å². The monoisotopic (exact) mass is 257 g/mol. The molecule has 2 aromatic carbocycles. The van der Waals surface area contributed by atoms with Gasteiger partial charge in [0.25, 0.3) is 0 Å². The molecule has 1 unspecified atom stereocenters. The van der Waals surface area contributed by atoms with E-state index in [0.29, 0.717) is 11.5 Å². The predicted octanol–water partition coefficient (Wildman–Crippen LogP) is 3.06. The molecular weight excluding hydrogens is 238 g/mol. The van der Waals surface area contributed by atoms with Crippen molar-refractivity contribution in [2.75, 3.05) is 14.2 Å². The van der Waals surface area contributed by atoms with Crippen LogP contribution in [0.15, 0.2) is 42.5 Å². The average molecular weight is 257 g/mol. The van der Waals surface area contributed by atoms with Crippen LogP contribution in [0.5, 0.6) is 11.5 Å². The third-order valence-electron chi connectivity index (χ3n) is 3.17. The lowest BCUT2D eigenvalue weighted by Crippen LogP contribution is -2.12. The second kappa shape index (κ2) is 5.76. The predicted molar refractivity (Wildman–Crippen MR) is 76.8 cm³/mol. The highest BCUT2D eigenvalue weighted by molar-refractivity contribution is 5.46. The summed E-state index contributed by atoms with van der Waals surface area (Å²) in [6.07, 6.45) is 0. The van der Waals surface area contributed by atoms with Crippen molar-refractivity contribution in [1.29, 1.82) is 0 Å². The van der Waals surface area contributed by atoms with E-state index in [4.69, 9.17) is 15.2 Å². The largest absolute Gasteiger partial charge is 0.493 e. The number of hydrogen-bond acceptors (Lipinski definition) is 3. The maximum Gasteiger partial charge on any atom is 0.161 e. The molecule has 2 N–H and O–H groups in total. The van der Waals surface area contributed by atoms with Crippen LogP contribution in [0.4, 0.5) is 0 Å². The van der Waals surface area contributed by atoms with Crippen LogP contribution in [-0.4, -0.2) is 14.2 Å². The number of benzene rings is 2. The maximum absolute atomic E-state index is 6.30. The Hall–Kier alpha value is -2.00. The number of hydrogen-bond donors (Lipinski definition) is 1. The molecule has 3 nitrogen and oxygen atoms in total. The molecule has 0 aliphatic carbocycles. The minimum atomic E-state index is -0.167. The highest BCUT2D eigenvalue weighted by Crippen LogP contribution is 2.31. The number of ether oxygens (including phenoxy) is 2. The van der Waals surface area contributed by atoms with Crippen molar-refractivity contribution in [3.63, 3.8) is 0 Å². The standard InChI is InChI=1S/C16H19NO2/c1-11-5-4-6-12(9-11)16(17)13-7-8-14(18-2)15(10-13)19-3/h4-10,16H,17H2,1-3H3. The van der Waals surface area contributed by atoms with Crippen LogP contribution in [0.1, 0.15) is 22.7 Å². The second-order valence-electron chi connectivity index (χ2n) is 4.51. The van der Waals surface area contributed by atoms with Gasteiger partial charge in [0.1, 0.15) is 0 Å². The van der Waals surface area contributed by atoms with Crippen molar-refractivity contribution in [2.24, 2.45) is 5.73 Å². The quantitative estimate of drug-likeness (QED) is 0.915. The molecule has 0 aliphatic heterocycles. The van der Waals surface area contributed by atoms with Gasteiger partial charge in [0, 0.05) is 0 Å². The summed E-state index contributed by atoms with van der Waals surface area (Å²) in [5, 5.41) is 0. The topological polar surface area (TPSA) is 44.5 Å². The third-order valence-corrected chi connectivity index (χ3v) is 3.17. The molecule has 0 bridgehead atoms. The SMILES string of the molecule is COc1ccc(C(N)c2cccc(C)c2)cc1OC. The molecule has 2 aromatic rings. The Morgan fingerprint density at radius 3 is 2.21 bits per heavy atom. The first kappa shape index (κ1) is 13.4. The van der Waals surface area contributed by atoms with E-state index in [9.17, 15) is 0 Å². The lowest BCUT2D eigenvalue weighted by molar-refractivity contribution is 0.354. The molecule has 0 spiro atoms. The number of rotatable bonds is 4.